The molecule has 0 bridgehead atoms. The van der Waals surface area contributed by atoms with Crippen molar-refractivity contribution >= 4 is 35.0 Å². The van der Waals surface area contributed by atoms with Crippen LogP contribution in [0.4, 0.5) is 29.3 Å². The number of hydrogen-bond acceptors (Lipinski definition) is 3. The molecule has 1 fully saturated rings. The van der Waals surface area contributed by atoms with E-state index in [1.807, 2.05) is 4.90 Å². The Morgan fingerprint density at radius 3 is 2.67 bits per heavy atom. The number of hydrogen-bond donors (Lipinski definition) is 2. The van der Waals surface area contributed by atoms with Crippen molar-refractivity contribution in [1.82, 2.24) is 4.90 Å². The van der Waals surface area contributed by atoms with Gasteiger partial charge in [0.1, 0.15) is 6.04 Å². The number of nitrogens with zero attached hydrogens (tertiary/aromatic N) is 2. The second-order valence-corrected chi connectivity index (χ2v) is 8.72. The molecule has 0 saturated carbocycles. The molecule has 2 aromatic rings. The number of carboxylic acid groups (broad SMARTS) is 1. The highest BCUT2D eigenvalue weighted by Gasteiger charge is 2.33. The van der Waals surface area contributed by atoms with Crippen molar-refractivity contribution in [2.24, 2.45) is 0 Å². The van der Waals surface area contributed by atoms with E-state index in [4.69, 9.17) is 11.6 Å². The molecule has 2 heterocycles. The first-order valence-electron chi connectivity index (χ1n) is 10.7. The van der Waals surface area contributed by atoms with Gasteiger partial charge in [-0.05, 0) is 61.1 Å². The summed E-state index contributed by atoms with van der Waals surface area (Å²) in [5, 5.41) is 12.5. The van der Waals surface area contributed by atoms with E-state index in [0.29, 0.717) is 42.2 Å². The molecule has 1 saturated heterocycles. The first-order valence-corrected chi connectivity index (χ1v) is 11.0. The van der Waals surface area contributed by atoms with Gasteiger partial charge in [0.25, 0.3) is 0 Å². The Hall–Kier alpha value is -2.94. The van der Waals surface area contributed by atoms with Gasteiger partial charge in [-0.3, -0.25) is 9.69 Å². The topological polar surface area (TPSA) is 72.9 Å². The number of anilines is 2. The third-order valence-corrected chi connectivity index (χ3v) is 6.34. The summed E-state index contributed by atoms with van der Waals surface area (Å²) in [6.07, 6.45) is -2.94. The average Bonchev–Trinajstić information content (AvgIpc) is 3.16. The van der Waals surface area contributed by atoms with Crippen LogP contribution >= 0.6 is 11.6 Å². The number of nitrogens with one attached hydrogen (secondary N) is 1. The van der Waals surface area contributed by atoms with Gasteiger partial charge >= 0.3 is 12.3 Å². The SMILES string of the molecule is O=C(Nc1cc(Cl)c2c(c1)CCN2Cc1cccc(C(F)(F)F)c1)[C@H]1CCCCN1C(=O)O. The predicted octanol–water partition coefficient (Wildman–Crippen LogP) is 5.39. The minimum absolute atomic E-state index is 0.276. The minimum Gasteiger partial charge on any atom is -0.465 e. The first-order chi connectivity index (χ1) is 15.6. The van der Waals surface area contributed by atoms with Crippen molar-refractivity contribution < 1.29 is 27.9 Å². The zero-order chi connectivity index (χ0) is 23.8. The van der Waals surface area contributed by atoms with Gasteiger partial charge in [-0.15, -0.1) is 0 Å². The quantitative estimate of drug-likeness (QED) is 0.614. The zero-order valence-corrected chi connectivity index (χ0v) is 18.4. The van der Waals surface area contributed by atoms with Gasteiger partial charge in [-0.2, -0.15) is 13.2 Å². The highest BCUT2D eigenvalue weighted by atomic mass is 35.5. The van der Waals surface area contributed by atoms with Gasteiger partial charge in [0.15, 0.2) is 0 Å². The first kappa shape index (κ1) is 23.2. The van der Waals surface area contributed by atoms with Crippen LogP contribution < -0.4 is 10.2 Å². The smallest absolute Gasteiger partial charge is 0.416 e. The molecule has 6 nitrogen and oxygen atoms in total. The molecule has 2 aromatic carbocycles. The fourth-order valence-electron chi connectivity index (χ4n) is 4.52. The Morgan fingerprint density at radius 2 is 1.94 bits per heavy atom. The van der Waals surface area contributed by atoms with Crippen molar-refractivity contribution in [3.8, 4) is 0 Å². The number of likely N-dealkylation sites (tertiary alicyclic amines) is 1. The van der Waals surface area contributed by atoms with Crippen LogP contribution in [0.1, 0.15) is 36.0 Å². The molecule has 4 rings (SSSR count). The van der Waals surface area contributed by atoms with Crippen molar-refractivity contribution in [3.05, 3.63) is 58.1 Å². The summed E-state index contributed by atoms with van der Waals surface area (Å²) in [6.45, 7) is 1.18. The normalized spacial score (nSPS) is 18.2. The molecule has 10 heteroatoms. The number of rotatable bonds is 4. The Balaban J connectivity index is 1.50. The van der Waals surface area contributed by atoms with Gasteiger partial charge in [-0.1, -0.05) is 23.7 Å². The summed E-state index contributed by atoms with van der Waals surface area (Å²) in [6, 6.07) is 7.85. The molecule has 1 atom stereocenters. The van der Waals surface area contributed by atoms with Crippen LogP contribution in [0.5, 0.6) is 0 Å². The Kier molecular flexibility index (Phi) is 6.43. The fraction of sp³-hybridized carbons (Fsp3) is 0.391. The molecule has 0 spiro atoms. The number of alkyl halides is 3. The molecule has 176 valence electrons. The molecule has 2 aliphatic heterocycles. The lowest BCUT2D eigenvalue weighted by molar-refractivity contribution is -0.137. The van der Waals surface area contributed by atoms with Gasteiger partial charge < -0.3 is 15.3 Å². The van der Waals surface area contributed by atoms with Gasteiger partial charge in [0.2, 0.25) is 5.91 Å². The van der Waals surface area contributed by atoms with E-state index in [9.17, 15) is 27.9 Å². The second kappa shape index (κ2) is 9.13. The molecule has 0 unspecified atom stereocenters. The van der Waals surface area contributed by atoms with E-state index >= 15 is 0 Å². The predicted molar refractivity (Wildman–Crippen MR) is 119 cm³/mol. The molecule has 33 heavy (non-hydrogen) atoms. The Labute approximate surface area is 193 Å². The summed E-state index contributed by atoms with van der Waals surface area (Å²) in [5.74, 6) is -0.396. The summed E-state index contributed by atoms with van der Waals surface area (Å²) in [4.78, 5) is 27.3. The van der Waals surface area contributed by atoms with Crippen LogP contribution in [0, 0.1) is 0 Å². The van der Waals surface area contributed by atoms with E-state index in [-0.39, 0.29) is 6.54 Å². The molecule has 2 amide bonds. The molecule has 0 radical (unpaired) electrons. The number of amides is 2. The standard InChI is InChI=1S/C23H23ClF3N3O3/c24-18-12-17(28-21(31)19-6-1-2-8-30(19)22(32)33)11-15-7-9-29(20(15)18)13-14-4-3-5-16(10-14)23(25,26)27/h3-5,10-12,19H,1-2,6-9,13H2,(H,28,31)(H,32,33)/t19-/m1/s1. The molecule has 0 aliphatic carbocycles. The highest BCUT2D eigenvalue weighted by Crippen LogP contribution is 2.39. The summed E-state index contributed by atoms with van der Waals surface area (Å²) >= 11 is 6.51. The number of halogens is 4. The molecular weight excluding hydrogens is 459 g/mol. The van der Waals surface area contributed by atoms with E-state index in [0.717, 1.165) is 41.1 Å². The third-order valence-electron chi connectivity index (χ3n) is 6.06. The lowest BCUT2D eigenvalue weighted by Crippen LogP contribution is -2.49. The second-order valence-electron chi connectivity index (χ2n) is 8.31. The number of piperidine rings is 1. The highest BCUT2D eigenvalue weighted by molar-refractivity contribution is 6.34. The largest absolute Gasteiger partial charge is 0.465 e. The van der Waals surface area contributed by atoms with Crippen molar-refractivity contribution in [2.45, 2.75) is 44.4 Å². The van der Waals surface area contributed by atoms with E-state index in [1.165, 1.54) is 6.07 Å². The van der Waals surface area contributed by atoms with Crippen LogP contribution in [0.2, 0.25) is 5.02 Å². The van der Waals surface area contributed by atoms with Crippen LogP contribution in [0.15, 0.2) is 36.4 Å². The van der Waals surface area contributed by atoms with Crippen LogP contribution in [-0.4, -0.2) is 41.1 Å². The monoisotopic (exact) mass is 481 g/mol. The maximum atomic E-state index is 13.0. The molecule has 2 aliphatic rings. The van der Waals surface area contributed by atoms with Gasteiger partial charge in [-0.25, -0.2) is 4.79 Å². The maximum Gasteiger partial charge on any atom is 0.416 e. The van der Waals surface area contributed by atoms with Gasteiger partial charge in [0.05, 0.1) is 16.3 Å². The van der Waals surface area contributed by atoms with Crippen LogP contribution in [0.3, 0.4) is 0 Å². The average molecular weight is 482 g/mol. The lowest BCUT2D eigenvalue weighted by atomic mass is 10.0. The number of benzene rings is 2. The van der Waals surface area contributed by atoms with Crippen LogP contribution in [-0.2, 0) is 23.9 Å². The van der Waals surface area contributed by atoms with Crippen molar-refractivity contribution in [3.63, 3.8) is 0 Å². The summed E-state index contributed by atoms with van der Waals surface area (Å²) in [7, 11) is 0. The van der Waals surface area contributed by atoms with Crippen molar-refractivity contribution in [1.29, 1.82) is 0 Å². The number of carbonyl (C=O) groups excluding carboxylic acids is 1. The third kappa shape index (κ3) is 5.03. The van der Waals surface area contributed by atoms with E-state index in [2.05, 4.69) is 5.32 Å². The van der Waals surface area contributed by atoms with Gasteiger partial charge in [0, 0.05) is 25.3 Å². The summed E-state index contributed by atoms with van der Waals surface area (Å²) < 4.78 is 39.1. The molecule has 0 aromatic heterocycles. The van der Waals surface area contributed by atoms with Crippen LogP contribution in [0.25, 0.3) is 0 Å². The Morgan fingerprint density at radius 1 is 1.15 bits per heavy atom. The van der Waals surface area contributed by atoms with E-state index in [1.54, 1.807) is 18.2 Å². The minimum atomic E-state index is -4.40. The van der Waals surface area contributed by atoms with Crippen molar-refractivity contribution in [2.75, 3.05) is 23.3 Å². The lowest BCUT2D eigenvalue weighted by Gasteiger charge is -2.32. The van der Waals surface area contributed by atoms with E-state index < -0.39 is 29.8 Å². The Bertz CT molecular complexity index is 1080. The molecular formula is C23H23ClF3N3O3. The number of carbonyl (C=O) groups is 2. The fourth-order valence-corrected chi connectivity index (χ4v) is 4.88. The number of fused-ring (bicyclic) bond motifs is 1. The summed E-state index contributed by atoms with van der Waals surface area (Å²) in [5.41, 5.74) is 1.92. The maximum absolute atomic E-state index is 13.0. The zero-order valence-electron chi connectivity index (χ0n) is 17.7. The molecule has 2 N–H and O–H groups in total.